The molecule has 1 aromatic carbocycles. The van der Waals surface area contributed by atoms with Crippen molar-refractivity contribution in [1.29, 1.82) is 0 Å². The predicted octanol–water partition coefficient (Wildman–Crippen LogP) is 0.190. The molecule has 0 unspecified atom stereocenters. The van der Waals surface area contributed by atoms with Gasteiger partial charge in [0.05, 0.1) is 22.3 Å². The highest BCUT2D eigenvalue weighted by Gasteiger charge is 2.37. The van der Waals surface area contributed by atoms with Gasteiger partial charge in [0.15, 0.2) is 9.84 Å². The molecule has 0 aliphatic carbocycles. The molecule has 3 saturated heterocycles. The number of benzene rings is 1. The van der Waals surface area contributed by atoms with Crippen molar-refractivity contribution in [2.45, 2.75) is 24.2 Å². The normalized spacial score (nSPS) is 24.5. The molecule has 2 amide bonds. The lowest BCUT2D eigenvalue weighted by molar-refractivity contribution is -0.136. The fourth-order valence-electron chi connectivity index (χ4n) is 4.43. The van der Waals surface area contributed by atoms with Crippen LogP contribution in [0.4, 0.5) is 0 Å². The van der Waals surface area contributed by atoms with Gasteiger partial charge in [-0.1, -0.05) is 6.07 Å². The van der Waals surface area contributed by atoms with Gasteiger partial charge in [0, 0.05) is 44.8 Å². The summed E-state index contributed by atoms with van der Waals surface area (Å²) in [5, 5.41) is 0. The van der Waals surface area contributed by atoms with Gasteiger partial charge in [-0.2, -0.15) is 4.31 Å². The summed E-state index contributed by atoms with van der Waals surface area (Å²) in [6.45, 7) is 2.33. The maximum Gasteiger partial charge on any atom is 0.254 e. The van der Waals surface area contributed by atoms with Crippen LogP contribution in [0.2, 0.25) is 0 Å². The minimum absolute atomic E-state index is 0.0541. The van der Waals surface area contributed by atoms with Crippen LogP contribution < -0.4 is 0 Å². The van der Waals surface area contributed by atoms with E-state index >= 15 is 0 Å². The first kappa shape index (κ1) is 22.2. The molecule has 1 aromatic rings. The maximum atomic E-state index is 13.0. The molecule has 9 nitrogen and oxygen atoms in total. The van der Waals surface area contributed by atoms with E-state index in [9.17, 15) is 26.4 Å². The highest BCUT2D eigenvalue weighted by atomic mass is 32.2. The molecular formula is C20H27N3O6S2. The zero-order valence-electron chi connectivity index (χ0n) is 17.3. The molecule has 3 aliphatic rings. The van der Waals surface area contributed by atoms with Gasteiger partial charge in [0.2, 0.25) is 15.9 Å². The van der Waals surface area contributed by atoms with Crippen molar-refractivity contribution < 1.29 is 26.4 Å². The fraction of sp³-hybridized carbons (Fsp3) is 0.600. The van der Waals surface area contributed by atoms with E-state index in [1.54, 1.807) is 21.9 Å². The fourth-order valence-corrected chi connectivity index (χ4v) is 7.72. The van der Waals surface area contributed by atoms with Gasteiger partial charge >= 0.3 is 0 Å². The molecule has 31 heavy (non-hydrogen) atoms. The molecule has 3 fully saturated rings. The summed E-state index contributed by atoms with van der Waals surface area (Å²) >= 11 is 0. The monoisotopic (exact) mass is 469 g/mol. The Balaban J connectivity index is 1.39. The third kappa shape index (κ3) is 4.63. The first-order valence-corrected chi connectivity index (χ1v) is 13.8. The van der Waals surface area contributed by atoms with E-state index in [0.29, 0.717) is 51.3 Å². The second kappa shape index (κ2) is 8.51. The predicted molar refractivity (Wildman–Crippen MR) is 114 cm³/mol. The van der Waals surface area contributed by atoms with Crippen LogP contribution in [-0.4, -0.2) is 93.5 Å². The molecule has 3 aliphatic heterocycles. The van der Waals surface area contributed by atoms with E-state index in [1.165, 1.54) is 16.4 Å². The van der Waals surface area contributed by atoms with Crippen LogP contribution in [0.25, 0.3) is 0 Å². The average molecular weight is 470 g/mol. The van der Waals surface area contributed by atoms with Crippen LogP contribution in [0.1, 0.15) is 29.6 Å². The van der Waals surface area contributed by atoms with Crippen molar-refractivity contribution in [1.82, 2.24) is 14.1 Å². The van der Waals surface area contributed by atoms with Gasteiger partial charge in [-0.05, 0) is 37.5 Å². The first-order chi connectivity index (χ1) is 14.7. The lowest BCUT2D eigenvalue weighted by atomic mass is 10.1. The highest BCUT2D eigenvalue weighted by molar-refractivity contribution is 7.91. The Bertz CT molecular complexity index is 1070. The Morgan fingerprint density at radius 1 is 0.935 bits per heavy atom. The van der Waals surface area contributed by atoms with Crippen LogP contribution in [0.3, 0.4) is 0 Å². The second-order valence-electron chi connectivity index (χ2n) is 8.36. The van der Waals surface area contributed by atoms with Gasteiger partial charge in [-0.25, -0.2) is 16.8 Å². The van der Waals surface area contributed by atoms with E-state index in [0.717, 1.165) is 12.8 Å². The number of hydrogen-bond acceptors (Lipinski definition) is 6. The van der Waals surface area contributed by atoms with Crippen LogP contribution >= 0.6 is 0 Å². The molecule has 11 heteroatoms. The van der Waals surface area contributed by atoms with Crippen molar-refractivity contribution in [3.63, 3.8) is 0 Å². The minimum Gasteiger partial charge on any atom is -0.339 e. The van der Waals surface area contributed by atoms with Gasteiger partial charge < -0.3 is 9.80 Å². The number of carbonyl (C=O) groups excluding carboxylic acids is 2. The van der Waals surface area contributed by atoms with Crippen molar-refractivity contribution in [3.05, 3.63) is 29.8 Å². The van der Waals surface area contributed by atoms with Gasteiger partial charge in [-0.3, -0.25) is 9.59 Å². The van der Waals surface area contributed by atoms with Crippen molar-refractivity contribution in [2.75, 3.05) is 50.8 Å². The number of hydrogen-bond donors (Lipinski definition) is 0. The number of sulfonamides is 1. The Labute approximate surface area is 183 Å². The lowest BCUT2D eigenvalue weighted by Crippen LogP contribution is -2.52. The molecule has 0 aromatic heterocycles. The molecule has 0 N–H and O–H groups in total. The molecule has 0 bridgehead atoms. The molecule has 4 rings (SSSR count). The third-order valence-electron chi connectivity index (χ3n) is 6.24. The number of rotatable bonds is 4. The Hall–Kier alpha value is -1.98. The van der Waals surface area contributed by atoms with E-state index in [1.807, 2.05) is 0 Å². The summed E-state index contributed by atoms with van der Waals surface area (Å²) in [6.07, 6.45) is 2.04. The molecule has 1 atom stereocenters. The maximum absolute atomic E-state index is 13.0. The van der Waals surface area contributed by atoms with Gasteiger partial charge in [-0.15, -0.1) is 0 Å². The number of carbonyl (C=O) groups is 2. The SMILES string of the molecule is O=C(c1cccc(S(=O)(=O)N2CCCC2)c1)N1CCN(C(=O)[C@H]2CCS(=O)(=O)C2)CC1. The molecule has 3 heterocycles. The molecular weight excluding hydrogens is 442 g/mol. The van der Waals surface area contributed by atoms with E-state index in [2.05, 4.69) is 0 Å². The zero-order chi connectivity index (χ0) is 22.2. The summed E-state index contributed by atoms with van der Waals surface area (Å²) in [7, 11) is -6.73. The lowest BCUT2D eigenvalue weighted by Gasteiger charge is -2.36. The van der Waals surface area contributed by atoms with Gasteiger partial charge in [0.1, 0.15) is 0 Å². The quantitative estimate of drug-likeness (QED) is 0.622. The summed E-state index contributed by atoms with van der Waals surface area (Å²) in [4.78, 5) is 28.9. The third-order valence-corrected chi connectivity index (χ3v) is 9.91. The highest BCUT2D eigenvalue weighted by Crippen LogP contribution is 2.24. The number of piperazine rings is 1. The Morgan fingerprint density at radius 2 is 1.58 bits per heavy atom. The van der Waals surface area contributed by atoms with Crippen molar-refractivity contribution in [3.8, 4) is 0 Å². The van der Waals surface area contributed by atoms with Crippen LogP contribution in [-0.2, 0) is 24.7 Å². The summed E-state index contributed by atoms with van der Waals surface area (Å²) < 4.78 is 50.3. The molecule has 0 radical (unpaired) electrons. The summed E-state index contributed by atoms with van der Waals surface area (Å²) in [6, 6.07) is 6.12. The first-order valence-electron chi connectivity index (χ1n) is 10.6. The summed E-state index contributed by atoms with van der Waals surface area (Å²) in [5.41, 5.74) is 0.307. The van der Waals surface area contributed by atoms with Crippen molar-refractivity contribution in [2.24, 2.45) is 5.92 Å². The van der Waals surface area contributed by atoms with Crippen LogP contribution in [0.5, 0.6) is 0 Å². The van der Waals surface area contributed by atoms with E-state index in [-0.39, 0.29) is 28.2 Å². The average Bonchev–Trinajstić information content (AvgIpc) is 3.43. The Morgan fingerprint density at radius 3 is 2.19 bits per heavy atom. The summed E-state index contributed by atoms with van der Waals surface area (Å²) in [5.74, 6) is -0.956. The standard InChI is InChI=1S/C20H27N3O6S2/c24-19(16-4-3-5-18(14-16)31(28,29)23-7-1-2-8-23)21-9-11-22(12-10-21)20(25)17-6-13-30(26,27)15-17/h3-5,14,17H,1-2,6-13,15H2/t17-/m0/s1. The van der Waals surface area contributed by atoms with Crippen LogP contribution in [0, 0.1) is 5.92 Å². The topological polar surface area (TPSA) is 112 Å². The minimum atomic E-state index is -3.60. The van der Waals surface area contributed by atoms with Gasteiger partial charge in [0.25, 0.3) is 5.91 Å². The van der Waals surface area contributed by atoms with Crippen LogP contribution in [0.15, 0.2) is 29.2 Å². The van der Waals surface area contributed by atoms with E-state index < -0.39 is 25.8 Å². The molecule has 170 valence electrons. The number of sulfone groups is 1. The van der Waals surface area contributed by atoms with Crippen molar-refractivity contribution >= 4 is 31.7 Å². The second-order valence-corrected chi connectivity index (χ2v) is 12.5. The van der Waals surface area contributed by atoms with E-state index in [4.69, 9.17) is 0 Å². The largest absolute Gasteiger partial charge is 0.339 e. The number of amides is 2. The Kier molecular flexibility index (Phi) is 6.10. The number of nitrogens with zero attached hydrogens (tertiary/aromatic N) is 3. The molecule has 0 spiro atoms. The molecule has 0 saturated carbocycles. The smallest absolute Gasteiger partial charge is 0.254 e. The zero-order valence-corrected chi connectivity index (χ0v) is 18.9.